The van der Waals surface area contributed by atoms with Gasteiger partial charge in [0.2, 0.25) is 0 Å². The van der Waals surface area contributed by atoms with Crippen LogP contribution in [0, 0.1) is 0 Å². The van der Waals surface area contributed by atoms with Gasteiger partial charge in [-0.25, -0.2) is 0 Å². The van der Waals surface area contributed by atoms with E-state index in [1.165, 1.54) is 12.1 Å². The smallest absolute Gasteiger partial charge is 0.416 e. The van der Waals surface area contributed by atoms with Gasteiger partial charge in [-0.1, -0.05) is 24.3 Å². The first kappa shape index (κ1) is 23.1. The molecule has 0 fully saturated rings. The van der Waals surface area contributed by atoms with E-state index in [-0.39, 0.29) is 24.0 Å². The van der Waals surface area contributed by atoms with Crippen LogP contribution in [-0.2, 0) is 19.1 Å². The van der Waals surface area contributed by atoms with Crippen molar-refractivity contribution in [2.45, 2.75) is 19.1 Å². The zero-order chi connectivity index (χ0) is 19.0. The maximum Gasteiger partial charge on any atom is 0.416 e. The predicted octanol–water partition coefficient (Wildman–Crippen LogP) is 4.24. The maximum absolute atomic E-state index is 12.6. The molecule has 0 radical (unpaired) electrons. The fourth-order valence-electron chi connectivity index (χ4n) is 2.34. The lowest BCUT2D eigenvalue weighted by Crippen LogP contribution is -2.37. The summed E-state index contributed by atoms with van der Waals surface area (Å²) >= 11 is 0. The summed E-state index contributed by atoms with van der Waals surface area (Å²) in [5, 5.41) is 6.27. The molecule has 0 aliphatic carbocycles. The van der Waals surface area contributed by atoms with Gasteiger partial charge in [0.1, 0.15) is 5.75 Å². The van der Waals surface area contributed by atoms with E-state index in [1.54, 1.807) is 14.2 Å². The Morgan fingerprint density at radius 2 is 1.56 bits per heavy atom. The number of benzene rings is 2. The first-order valence-corrected chi connectivity index (χ1v) is 8.16. The second-order valence-corrected chi connectivity index (χ2v) is 5.65. The van der Waals surface area contributed by atoms with Crippen LogP contribution in [0.3, 0.4) is 0 Å². The maximum atomic E-state index is 12.6. The third kappa shape index (κ3) is 7.66. The number of halogens is 4. The highest BCUT2D eigenvalue weighted by molar-refractivity contribution is 14.0. The Bertz CT molecular complexity index is 716. The van der Waals surface area contributed by atoms with Crippen LogP contribution in [0.15, 0.2) is 53.5 Å². The lowest BCUT2D eigenvalue weighted by Gasteiger charge is -2.13. The number of rotatable bonds is 6. The molecule has 0 aliphatic rings. The third-order valence-corrected chi connectivity index (χ3v) is 3.83. The molecule has 2 N–H and O–H groups in total. The molecule has 0 saturated heterocycles. The van der Waals surface area contributed by atoms with E-state index in [0.717, 1.165) is 35.4 Å². The van der Waals surface area contributed by atoms with Gasteiger partial charge in [0.25, 0.3) is 0 Å². The van der Waals surface area contributed by atoms with Gasteiger partial charge in [0.15, 0.2) is 5.96 Å². The summed E-state index contributed by atoms with van der Waals surface area (Å²) in [6.07, 6.45) is -3.50. The van der Waals surface area contributed by atoms with Crippen molar-refractivity contribution in [3.8, 4) is 5.75 Å². The first-order valence-electron chi connectivity index (χ1n) is 8.16. The third-order valence-electron chi connectivity index (χ3n) is 3.83. The van der Waals surface area contributed by atoms with Gasteiger partial charge in [-0.05, 0) is 41.8 Å². The van der Waals surface area contributed by atoms with Crippen LogP contribution in [0.1, 0.15) is 16.7 Å². The summed E-state index contributed by atoms with van der Waals surface area (Å²) in [6.45, 7) is 1.07. The second-order valence-electron chi connectivity index (χ2n) is 5.65. The van der Waals surface area contributed by atoms with Crippen molar-refractivity contribution in [2.75, 3.05) is 20.7 Å². The highest BCUT2D eigenvalue weighted by Crippen LogP contribution is 2.29. The van der Waals surface area contributed by atoms with Crippen molar-refractivity contribution >= 4 is 29.9 Å². The predicted molar refractivity (Wildman–Crippen MR) is 112 cm³/mol. The molecule has 2 aromatic carbocycles. The van der Waals surface area contributed by atoms with Crippen LogP contribution in [-0.4, -0.2) is 26.7 Å². The van der Waals surface area contributed by atoms with Gasteiger partial charge >= 0.3 is 6.18 Å². The SMILES string of the molecule is CN=C(NCCc1ccc(OC)cc1)NCc1ccc(C(F)(F)F)cc1.I. The van der Waals surface area contributed by atoms with E-state index >= 15 is 0 Å². The topological polar surface area (TPSA) is 45.7 Å². The number of alkyl halides is 3. The number of nitrogens with one attached hydrogen (secondary N) is 2. The van der Waals surface area contributed by atoms with E-state index in [0.29, 0.717) is 19.0 Å². The van der Waals surface area contributed by atoms with Crippen LogP contribution in [0.4, 0.5) is 13.2 Å². The Labute approximate surface area is 174 Å². The number of guanidine groups is 1. The van der Waals surface area contributed by atoms with E-state index in [1.807, 2.05) is 24.3 Å². The summed E-state index contributed by atoms with van der Waals surface area (Å²) in [4.78, 5) is 4.11. The largest absolute Gasteiger partial charge is 0.497 e. The molecule has 0 aromatic heterocycles. The highest BCUT2D eigenvalue weighted by atomic mass is 127. The molecule has 8 heteroatoms. The average molecular weight is 493 g/mol. The molecule has 0 aliphatic heterocycles. The number of aliphatic imine (C=N–C) groups is 1. The summed E-state index contributed by atoms with van der Waals surface area (Å²) in [7, 11) is 3.28. The standard InChI is InChI=1S/C19H22F3N3O.HI/c1-23-18(24-12-11-14-5-9-17(26-2)10-6-14)25-13-15-3-7-16(8-4-15)19(20,21)22;/h3-10H,11-13H2,1-2H3,(H2,23,24,25);1H. The first-order chi connectivity index (χ1) is 12.4. The monoisotopic (exact) mass is 493 g/mol. The normalized spacial score (nSPS) is 11.5. The van der Waals surface area contributed by atoms with Crippen molar-refractivity contribution in [3.63, 3.8) is 0 Å². The summed E-state index contributed by atoms with van der Waals surface area (Å²) in [5.74, 6) is 1.41. The molecular weight excluding hydrogens is 470 g/mol. The van der Waals surface area contributed by atoms with E-state index < -0.39 is 11.7 Å². The summed E-state index contributed by atoms with van der Waals surface area (Å²) in [5.41, 5.74) is 1.26. The number of methoxy groups -OCH3 is 1. The van der Waals surface area contributed by atoms with Crippen LogP contribution >= 0.6 is 24.0 Å². The minimum atomic E-state index is -4.31. The molecule has 2 aromatic rings. The molecule has 0 unspecified atom stereocenters. The zero-order valence-corrected chi connectivity index (χ0v) is 17.5. The number of ether oxygens (including phenoxy) is 1. The minimum Gasteiger partial charge on any atom is -0.497 e. The summed E-state index contributed by atoms with van der Waals surface area (Å²) < 4.78 is 42.8. The van der Waals surface area contributed by atoms with Crippen LogP contribution in [0.25, 0.3) is 0 Å². The van der Waals surface area contributed by atoms with Crippen LogP contribution in [0.2, 0.25) is 0 Å². The minimum absolute atomic E-state index is 0. The Morgan fingerprint density at radius 3 is 2.07 bits per heavy atom. The average Bonchev–Trinajstić information content (AvgIpc) is 2.64. The molecule has 0 heterocycles. The molecule has 148 valence electrons. The Balaban J connectivity index is 0.00000364. The van der Waals surface area contributed by atoms with Crippen molar-refractivity contribution in [1.29, 1.82) is 0 Å². The highest BCUT2D eigenvalue weighted by Gasteiger charge is 2.29. The number of nitrogens with zero attached hydrogens (tertiary/aromatic N) is 1. The molecule has 0 bridgehead atoms. The van der Waals surface area contributed by atoms with E-state index in [2.05, 4.69) is 15.6 Å². The molecular formula is C19H23F3IN3O. The molecule has 27 heavy (non-hydrogen) atoms. The van der Waals surface area contributed by atoms with Crippen molar-refractivity contribution in [1.82, 2.24) is 10.6 Å². The second kappa shape index (κ2) is 11.0. The Morgan fingerprint density at radius 1 is 0.963 bits per heavy atom. The van der Waals surface area contributed by atoms with E-state index in [9.17, 15) is 13.2 Å². The lowest BCUT2D eigenvalue weighted by molar-refractivity contribution is -0.137. The quantitative estimate of drug-likeness (QED) is 0.360. The molecule has 0 atom stereocenters. The molecule has 0 spiro atoms. The molecule has 4 nitrogen and oxygen atoms in total. The van der Waals surface area contributed by atoms with Gasteiger partial charge in [-0.3, -0.25) is 4.99 Å². The number of hydrogen-bond acceptors (Lipinski definition) is 2. The molecule has 0 saturated carbocycles. The van der Waals surface area contributed by atoms with Crippen LogP contribution in [0.5, 0.6) is 5.75 Å². The van der Waals surface area contributed by atoms with Gasteiger partial charge < -0.3 is 15.4 Å². The van der Waals surface area contributed by atoms with E-state index in [4.69, 9.17) is 4.74 Å². The van der Waals surface area contributed by atoms with Crippen molar-refractivity contribution < 1.29 is 17.9 Å². The lowest BCUT2D eigenvalue weighted by atomic mass is 10.1. The van der Waals surface area contributed by atoms with Gasteiger partial charge in [-0.15, -0.1) is 24.0 Å². The van der Waals surface area contributed by atoms with Crippen molar-refractivity contribution in [3.05, 3.63) is 65.2 Å². The zero-order valence-electron chi connectivity index (χ0n) is 15.1. The molecule has 0 amide bonds. The van der Waals surface area contributed by atoms with Gasteiger partial charge in [0.05, 0.1) is 12.7 Å². The molecule has 2 rings (SSSR count). The number of hydrogen-bond donors (Lipinski definition) is 2. The summed E-state index contributed by atoms with van der Waals surface area (Å²) in [6, 6.07) is 12.9. The fourth-order valence-corrected chi connectivity index (χ4v) is 2.34. The van der Waals surface area contributed by atoms with Gasteiger partial charge in [-0.2, -0.15) is 13.2 Å². The van der Waals surface area contributed by atoms with Crippen LogP contribution < -0.4 is 15.4 Å². The Kier molecular flexibility index (Phi) is 9.40. The van der Waals surface area contributed by atoms with Gasteiger partial charge in [0, 0.05) is 20.1 Å². The Hall–Kier alpha value is -1.97. The van der Waals surface area contributed by atoms with Crippen molar-refractivity contribution in [2.24, 2.45) is 4.99 Å². The fraction of sp³-hybridized carbons (Fsp3) is 0.316.